The highest BCUT2D eigenvalue weighted by Gasteiger charge is 2.28. The van der Waals surface area contributed by atoms with Crippen molar-refractivity contribution in [2.75, 3.05) is 32.7 Å². The molecule has 1 heterocycles. The van der Waals surface area contributed by atoms with E-state index in [9.17, 15) is 9.59 Å². The molecule has 0 aliphatic carbocycles. The number of hydrogen-bond donors (Lipinski definition) is 3. The molecular formula is C13H26N4O2. The summed E-state index contributed by atoms with van der Waals surface area (Å²) >= 11 is 0. The average molecular weight is 270 g/mol. The second kappa shape index (κ2) is 8.12. The Hall–Kier alpha value is -1.14. The van der Waals surface area contributed by atoms with Crippen LogP contribution in [0.15, 0.2) is 0 Å². The number of piperidine rings is 1. The first-order valence-corrected chi connectivity index (χ1v) is 6.99. The monoisotopic (exact) mass is 270 g/mol. The third kappa shape index (κ3) is 5.57. The van der Waals surface area contributed by atoms with Gasteiger partial charge in [-0.25, -0.2) is 0 Å². The molecule has 2 atom stereocenters. The Bertz CT molecular complexity index is 309. The fraction of sp³-hybridized carbons (Fsp3) is 0.846. The average Bonchev–Trinajstić information content (AvgIpc) is 2.35. The molecule has 0 spiro atoms. The van der Waals surface area contributed by atoms with Crippen molar-refractivity contribution in [3.63, 3.8) is 0 Å². The third-order valence-corrected chi connectivity index (χ3v) is 3.64. The van der Waals surface area contributed by atoms with Crippen molar-refractivity contribution in [3.8, 4) is 0 Å². The molecule has 1 fully saturated rings. The van der Waals surface area contributed by atoms with E-state index in [1.807, 2.05) is 0 Å². The third-order valence-electron chi connectivity index (χ3n) is 3.64. The summed E-state index contributed by atoms with van der Waals surface area (Å²) in [7, 11) is 0. The Morgan fingerprint density at radius 1 is 1.32 bits per heavy atom. The van der Waals surface area contributed by atoms with Crippen LogP contribution in [0.4, 0.5) is 0 Å². The summed E-state index contributed by atoms with van der Waals surface area (Å²) in [5, 5.41) is 5.45. The maximum atomic E-state index is 11.8. The Kier molecular flexibility index (Phi) is 6.80. The zero-order valence-electron chi connectivity index (χ0n) is 11.9. The van der Waals surface area contributed by atoms with Gasteiger partial charge < -0.3 is 16.4 Å². The van der Waals surface area contributed by atoms with E-state index in [4.69, 9.17) is 5.73 Å². The Balaban J connectivity index is 2.28. The molecule has 0 aromatic heterocycles. The molecule has 6 nitrogen and oxygen atoms in total. The highest BCUT2D eigenvalue weighted by Crippen LogP contribution is 2.21. The lowest BCUT2D eigenvalue weighted by atomic mass is 9.91. The molecule has 0 saturated carbocycles. The number of carbonyl (C=O) groups excluding carboxylic acids is 2. The van der Waals surface area contributed by atoms with Crippen molar-refractivity contribution in [1.82, 2.24) is 15.5 Å². The van der Waals surface area contributed by atoms with Crippen molar-refractivity contribution < 1.29 is 9.59 Å². The predicted octanol–water partition coefficient (Wildman–Crippen LogP) is -0.702. The van der Waals surface area contributed by atoms with Gasteiger partial charge in [-0.15, -0.1) is 0 Å². The predicted molar refractivity (Wildman–Crippen MR) is 74.5 cm³/mol. The van der Waals surface area contributed by atoms with Crippen LogP contribution in [0.5, 0.6) is 0 Å². The summed E-state index contributed by atoms with van der Waals surface area (Å²) in [5.74, 6) is 0.464. The van der Waals surface area contributed by atoms with Gasteiger partial charge in [0.05, 0.1) is 6.54 Å². The van der Waals surface area contributed by atoms with E-state index in [-0.39, 0.29) is 11.8 Å². The van der Waals surface area contributed by atoms with Gasteiger partial charge in [0, 0.05) is 32.6 Å². The number of likely N-dealkylation sites (tertiary alicyclic amines) is 1. The smallest absolute Gasteiger partial charge is 0.234 e. The van der Waals surface area contributed by atoms with Gasteiger partial charge in [-0.1, -0.05) is 6.92 Å². The maximum absolute atomic E-state index is 11.8. The largest absolute Gasteiger partial charge is 0.355 e. The van der Waals surface area contributed by atoms with E-state index in [1.54, 1.807) is 0 Å². The number of nitrogens with zero attached hydrogens (tertiary/aromatic N) is 1. The topological polar surface area (TPSA) is 87.5 Å². The van der Waals surface area contributed by atoms with Gasteiger partial charge in [-0.2, -0.15) is 0 Å². The molecule has 6 heteroatoms. The molecular weight excluding hydrogens is 244 g/mol. The first-order chi connectivity index (χ1) is 9.04. The molecule has 1 aliphatic rings. The van der Waals surface area contributed by atoms with Crippen molar-refractivity contribution in [2.45, 2.75) is 32.7 Å². The molecule has 0 aromatic rings. The molecule has 0 radical (unpaired) electrons. The second-order valence-electron chi connectivity index (χ2n) is 5.23. The number of amides is 2. The summed E-state index contributed by atoms with van der Waals surface area (Å²) < 4.78 is 0. The van der Waals surface area contributed by atoms with Gasteiger partial charge in [0.15, 0.2) is 0 Å². The second-order valence-corrected chi connectivity index (χ2v) is 5.23. The van der Waals surface area contributed by atoms with Crippen LogP contribution in [0.25, 0.3) is 0 Å². The quantitative estimate of drug-likeness (QED) is 0.557. The summed E-state index contributed by atoms with van der Waals surface area (Å²) in [6, 6.07) is 0.301. The zero-order chi connectivity index (χ0) is 14.3. The normalized spacial score (nSPS) is 23.9. The zero-order valence-corrected chi connectivity index (χ0v) is 11.9. The number of nitrogens with one attached hydrogen (secondary N) is 2. The lowest BCUT2D eigenvalue weighted by Crippen LogP contribution is -2.52. The number of carbonyl (C=O) groups is 2. The summed E-state index contributed by atoms with van der Waals surface area (Å²) in [6.45, 7) is 6.52. The Labute approximate surface area is 115 Å². The van der Waals surface area contributed by atoms with Crippen LogP contribution in [0, 0.1) is 5.92 Å². The summed E-state index contributed by atoms with van der Waals surface area (Å²) in [6.07, 6.45) is 2.30. The first-order valence-electron chi connectivity index (χ1n) is 6.99. The number of nitrogens with two attached hydrogens (primary N) is 1. The fourth-order valence-corrected chi connectivity index (χ4v) is 2.59. The van der Waals surface area contributed by atoms with Crippen LogP contribution in [0.2, 0.25) is 0 Å². The van der Waals surface area contributed by atoms with E-state index in [1.165, 1.54) is 13.3 Å². The minimum atomic E-state index is -0.0812. The molecule has 19 heavy (non-hydrogen) atoms. The first kappa shape index (κ1) is 15.9. The van der Waals surface area contributed by atoms with Gasteiger partial charge in [0.1, 0.15) is 0 Å². The minimum Gasteiger partial charge on any atom is -0.355 e. The molecule has 4 N–H and O–H groups in total. The molecule has 110 valence electrons. The van der Waals surface area contributed by atoms with Crippen molar-refractivity contribution in [3.05, 3.63) is 0 Å². The minimum absolute atomic E-state index is 0.00194. The fourth-order valence-electron chi connectivity index (χ4n) is 2.59. The molecule has 1 rings (SSSR count). The van der Waals surface area contributed by atoms with E-state index in [0.717, 1.165) is 13.0 Å². The molecule has 0 aromatic carbocycles. The Morgan fingerprint density at radius 3 is 2.63 bits per heavy atom. The molecule has 2 unspecified atom stereocenters. The van der Waals surface area contributed by atoms with Crippen LogP contribution >= 0.6 is 0 Å². The van der Waals surface area contributed by atoms with Gasteiger partial charge in [-0.05, 0) is 25.3 Å². The van der Waals surface area contributed by atoms with Crippen LogP contribution in [-0.4, -0.2) is 55.5 Å². The SMILES string of the molecule is CC(=O)NCCNC(=O)CN1CCCC(C)C1CN. The van der Waals surface area contributed by atoms with Crippen LogP contribution in [0.1, 0.15) is 26.7 Å². The van der Waals surface area contributed by atoms with Gasteiger partial charge in [0.25, 0.3) is 0 Å². The summed E-state index contributed by atoms with van der Waals surface area (Å²) in [4.78, 5) is 24.7. The van der Waals surface area contributed by atoms with Gasteiger partial charge >= 0.3 is 0 Å². The maximum Gasteiger partial charge on any atom is 0.234 e. The van der Waals surface area contributed by atoms with E-state index in [2.05, 4.69) is 22.5 Å². The number of rotatable bonds is 6. The Morgan fingerprint density at radius 2 is 2.00 bits per heavy atom. The van der Waals surface area contributed by atoms with Crippen molar-refractivity contribution >= 4 is 11.8 Å². The van der Waals surface area contributed by atoms with Crippen LogP contribution in [-0.2, 0) is 9.59 Å². The highest BCUT2D eigenvalue weighted by molar-refractivity contribution is 5.78. The molecule has 0 bridgehead atoms. The summed E-state index contributed by atoms with van der Waals surface area (Å²) in [5.41, 5.74) is 5.79. The molecule has 2 amide bonds. The van der Waals surface area contributed by atoms with Crippen molar-refractivity contribution in [1.29, 1.82) is 0 Å². The van der Waals surface area contributed by atoms with Crippen molar-refractivity contribution in [2.24, 2.45) is 11.7 Å². The highest BCUT2D eigenvalue weighted by atomic mass is 16.2. The standard InChI is InChI=1S/C13H26N4O2/c1-10-4-3-7-17(12(10)8-14)9-13(19)16-6-5-15-11(2)18/h10,12H,3-9,14H2,1-2H3,(H,15,18)(H,16,19). The van der Waals surface area contributed by atoms with Gasteiger partial charge in [-0.3, -0.25) is 14.5 Å². The van der Waals surface area contributed by atoms with E-state index >= 15 is 0 Å². The lowest BCUT2D eigenvalue weighted by molar-refractivity contribution is -0.124. The van der Waals surface area contributed by atoms with Gasteiger partial charge in [0.2, 0.25) is 11.8 Å². The number of hydrogen-bond acceptors (Lipinski definition) is 4. The van der Waals surface area contributed by atoms with E-state index in [0.29, 0.717) is 38.1 Å². The molecule has 1 aliphatic heterocycles. The van der Waals surface area contributed by atoms with Crippen LogP contribution in [0.3, 0.4) is 0 Å². The lowest BCUT2D eigenvalue weighted by Gasteiger charge is -2.38. The van der Waals surface area contributed by atoms with E-state index < -0.39 is 0 Å². The molecule has 1 saturated heterocycles. The van der Waals surface area contributed by atoms with Crippen LogP contribution < -0.4 is 16.4 Å².